The first-order chi connectivity index (χ1) is 14.5. The Morgan fingerprint density at radius 1 is 1.37 bits per heavy atom. The zero-order valence-electron chi connectivity index (χ0n) is 16.6. The van der Waals surface area contributed by atoms with Crippen molar-refractivity contribution in [1.82, 2.24) is 19.3 Å². The highest BCUT2D eigenvalue weighted by Gasteiger charge is 2.33. The molecular formula is C22H20FN5O2. The number of aryl methyl sites for hydroxylation is 1. The zero-order chi connectivity index (χ0) is 21.0. The van der Waals surface area contributed by atoms with E-state index in [9.17, 15) is 4.79 Å². The average molecular weight is 405 g/mol. The highest BCUT2D eigenvalue weighted by Crippen LogP contribution is 2.36. The van der Waals surface area contributed by atoms with E-state index in [-0.39, 0.29) is 17.4 Å². The van der Waals surface area contributed by atoms with Gasteiger partial charge in [0.15, 0.2) is 0 Å². The highest BCUT2D eigenvalue weighted by atomic mass is 19.1. The van der Waals surface area contributed by atoms with Crippen LogP contribution in [-0.2, 0) is 0 Å². The number of fused-ring (bicyclic) bond motifs is 4. The summed E-state index contributed by atoms with van der Waals surface area (Å²) in [5.41, 5.74) is 9.24. The van der Waals surface area contributed by atoms with Crippen LogP contribution in [0.3, 0.4) is 0 Å². The van der Waals surface area contributed by atoms with Crippen LogP contribution in [0, 0.1) is 12.7 Å². The number of anilines is 1. The molecule has 2 aromatic carbocycles. The molecule has 3 heterocycles. The molecule has 4 aromatic rings. The minimum absolute atomic E-state index is 0.0204. The maximum atomic E-state index is 15.0. The van der Waals surface area contributed by atoms with Crippen LogP contribution in [0.25, 0.3) is 16.6 Å². The fourth-order valence-corrected chi connectivity index (χ4v) is 4.17. The van der Waals surface area contributed by atoms with Crippen molar-refractivity contribution >= 4 is 28.3 Å². The lowest BCUT2D eigenvalue weighted by atomic mass is 10.0. The quantitative estimate of drug-likeness (QED) is 0.564. The Morgan fingerprint density at radius 3 is 2.97 bits per heavy atom. The molecule has 1 aliphatic rings. The van der Waals surface area contributed by atoms with Gasteiger partial charge in [0, 0.05) is 18.2 Å². The Labute approximate surface area is 171 Å². The predicted molar refractivity (Wildman–Crippen MR) is 111 cm³/mol. The number of carbonyl (C=O) groups is 1. The van der Waals surface area contributed by atoms with Gasteiger partial charge in [-0.2, -0.15) is 0 Å². The minimum Gasteiger partial charge on any atom is -0.491 e. The predicted octanol–water partition coefficient (Wildman–Crippen LogP) is 3.51. The van der Waals surface area contributed by atoms with Crippen LogP contribution >= 0.6 is 0 Å². The number of halogens is 1. The number of likely N-dealkylation sites (N-methyl/N-ethyl adjacent to an activating group) is 1. The summed E-state index contributed by atoms with van der Waals surface area (Å²) in [6.07, 6.45) is 1.61. The number of benzene rings is 2. The zero-order valence-corrected chi connectivity index (χ0v) is 16.6. The summed E-state index contributed by atoms with van der Waals surface area (Å²) in [7, 11) is 0. The number of carbonyl (C=O) groups excluding carboxylic acids is 1. The van der Waals surface area contributed by atoms with Crippen molar-refractivity contribution in [3.63, 3.8) is 0 Å². The molecule has 1 atom stereocenters. The summed E-state index contributed by atoms with van der Waals surface area (Å²) in [6.45, 7) is 4.46. The van der Waals surface area contributed by atoms with Crippen LogP contribution in [0.4, 0.5) is 10.2 Å². The van der Waals surface area contributed by atoms with Gasteiger partial charge in [-0.05, 0) is 26.0 Å². The highest BCUT2D eigenvalue weighted by molar-refractivity contribution is 5.99. The summed E-state index contributed by atoms with van der Waals surface area (Å²) < 4.78 is 22.5. The van der Waals surface area contributed by atoms with E-state index >= 15 is 4.39 Å². The first kappa shape index (κ1) is 18.4. The molecule has 5 rings (SSSR count). The van der Waals surface area contributed by atoms with Gasteiger partial charge in [0.25, 0.3) is 5.91 Å². The number of imidazole rings is 1. The van der Waals surface area contributed by atoms with Gasteiger partial charge in [0.2, 0.25) is 0 Å². The molecule has 2 N–H and O–H groups in total. The van der Waals surface area contributed by atoms with Gasteiger partial charge in [0.05, 0.1) is 28.3 Å². The first-order valence-electron chi connectivity index (χ1n) is 9.74. The Balaban J connectivity index is 1.63. The number of nitrogens with two attached hydrogens (primary N) is 1. The monoisotopic (exact) mass is 405 g/mol. The maximum absolute atomic E-state index is 15.0. The van der Waals surface area contributed by atoms with E-state index in [0.29, 0.717) is 35.4 Å². The van der Waals surface area contributed by atoms with Crippen molar-refractivity contribution in [2.24, 2.45) is 0 Å². The molecule has 0 fully saturated rings. The van der Waals surface area contributed by atoms with Gasteiger partial charge in [-0.25, -0.2) is 14.4 Å². The van der Waals surface area contributed by atoms with Crippen LogP contribution in [0.5, 0.6) is 5.75 Å². The molecule has 0 aliphatic carbocycles. The largest absolute Gasteiger partial charge is 0.491 e. The number of hydrogen-bond donors (Lipinski definition) is 1. The lowest BCUT2D eigenvalue weighted by Gasteiger charge is -2.27. The van der Waals surface area contributed by atoms with Crippen LogP contribution in [0.2, 0.25) is 0 Å². The Hall–Kier alpha value is -3.68. The number of hydrogen-bond acceptors (Lipinski definition) is 5. The van der Waals surface area contributed by atoms with E-state index in [4.69, 9.17) is 10.5 Å². The summed E-state index contributed by atoms with van der Waals surface area (Å²) in [6, 6.07) is 10.1. The average Bonchev–Trinajstić information content (AvgIpc) is 3.33. The lowest BCUT2D eigenvalue weighted by molar-refractivity contribution is 0.0658. The molecule has 0 radical (unpaired) electrons. The number of para-hydroxylation sites is 1. The summed E-state index contributed by atoms with van der Waals surface area (Å²) in [5.74, 6) is -0.0147. The van der Waals surface area contributed by atoms with E-state index in [0.717, 1.165) is 11.3 Å². The van der Waals surface area contributed by atoms with Crippen LogP contribution in [0.15, 0.2) is 42.7 Å². The van der Waals surface area contributed by atoms with E-state index in [1.807, 2.05) is 38.1 Å². The molecule has 0 saturated heterocycles. The summed E-state index contributed by atoms with van der Waals surface area (Å²) in [5, 5.41) is 0. The van der Waals surface area contributed by atoms with Gasteiger partial charge in [-0.1, -0.05) is 18.2 Å². The van der Waals surface area contributed by atoms with Crippen molar-refractivity contribution in [2.75, 3.05) is 18.9 Å². The van der Waals surface area contributed by atoms with Crippen LogP contribution in [0.1, 0.15) is 34.6 Å². The third-order valence-corrected chi connectivity index (χ3v) is 5.64. The fourth-order valence-electron chi connectivity index (χ4n) is 4.17. The molecule has 0 spiro atoms. The molecule has 1 unspecified atom stereocenters. The maximum Gasteiger partial charge on any atom is 0.257 e. The Bertz CT molecular complexity index is 1320. The van der Waals surface area contributed by atoms with E-state index in [1.165, 1.54) is 12.1 Å². The normalized spacial score (nSPS) is 15.4. The molecule has 0 bridgehead atoms. The van der Waals surface area contributed by atoms with E-state index in [1.54, 1.807) is 15.6 Å². The molecule has 7 nitrogen and oxygen atoms in total. The molecule has 8 heteroatoms. The van der Waals surface area contributed by atoms with E-state index in [2.05, 4.69) is 9.97 Å². The molecular weight excluding hydrogens is 385 g/mol. The molecule has 2 aromatic heterocycles. The van der Waals surface area contributed by atoms with E-state index < -0.39 is 11.7 Å². The molecule has 0 saturated carbocycles. The van der Waals surface area contributed by atoms with Gasteiger partial charge >= 0.3 is 0 Å². The number of rotatable bonds is 3. The van der Waals surface area contributed by atoms with Gasteiger partial charge in [0.1, 0.15) is 35.8 Å². The van der Waals surface area contributed by atoms with Gasteiger partial charge < -0.3 is 15.4 Å². The Kier molecular flexibility index (Phi) is 4.09. The fraction of sp³-hybridized carbons (Fsp3) is 0.227. The minimum atomic E-state index is -0.638. The van der Waals surface area contributed by atoms with Crippen molar-refractivity contribution < 1.29 is 13.9 Å². The van der Waals surface area contributed by atoms with Crippen molar-refractivity contribution in [2.45, 2.75) is 19.9 Å². The molecule has 1 amide bonds. The van der Waals surface area contributed by atoms with Crippen LogP contribution < -0.4 is 10.5 Å². The Morgan fingerprint density at radius 2 is 2.17 bits per heavy atom. The third-order valence-electron chi connectivity index (χ3n) is 5.64. The number of aromatic nitrogens is 3. The molecule has 30 heavy (non-hydrogen) atoms. The topological polar surface area (TPSA) is 85.8 Å². The van der Waals surface area contributed by atoms with Gasteiger partial charge in [-0.3, -0.25) is 9.20 Å². The molecule has 152 valence electrons. The van der Waals surface area contributed by atoms with Gasteiger partial charge in [-0.15, -0.1) is 0 Å². The summed E-state index contributed by atoms with van der Waals surface area (Å²) in [4.78, 5) is 23.6. The lowest BCUT2D eigenvalue weighted by Crippen LogP contribution is -2.36. The second-order valence-corrected chi connectivity index (χ2v) is 7.32. The second-order valence-electron chi connectivity index (χ2n) is 7.32. The SMILES string of the molecule is CCN(C(=O)c1cc2c(cc1F)nc(N)c1c(C)ncn12)C1COc2ccccc21. The smallest absolute Gasteiger partial charge is 0.257 e. The van der Waals surface area contributed by atoms with Crippen molar-refractivity contribution in [3.05, 3.63) is 65.4 Å². The third kappa shape index (κ3) is 2.60. The van der Waals surface area contributed by atoms with Crippen molar-refractivity contribution in [1.29, 1.82) is 0 Å². The number of nitrogens with zero attached hydrogens (tertiary/aromatic N) is 4. The first-order valence-corrected chi connectivity index (χ1v) is 9.74. The second kappa shape index (κ2) is 6.69. The molecule has 1 aliphatic heterocycles. The number of ether oxygens (including phenoxy) is 1. The summed E-state index contributed by atoms with van der Waals surface area (Å²) >= 11 is 0. The number of amides is 1. The standard InChI is InChI=1S/C22H20FN5O2/c1-3-27(18-10-30-19-7-5-4-6-13(18)19)22(29)14-8-17-16(9-15(14)23)26-21(24)20-12(2)25-11-28(17)20/h4-9,11,18H,3,10H2,1-2H3,(H2,24,26). The van der Waals surface area contributed by atoms with Crippen molar-refractivity contribution in [3.8, 4) is 5.75 Å². The van der Waals surface area contributed by atoms with Crippen LogP contribution in [-0.4, -0.2) is 38.3 Å². The number of nitrogen functional groups attached to an aromatic ring is 1.